The molecule has 3 aromatic heterocycles. The number of halogens is 1. The topological polar surface area (TPSA) is 96.0 Å². The van der Waals surface area contributed by atoms with Crippen LogP contribution < -0.4 is 10.1 Å². The van der Waals surface area contributed by atoms with Crippen LogP contribution in [0.25, 0.3) is 11.0 Å². The van der Waals surface area contributed by atoms with Crippen molar-refractivity contribution in [2.75, 3.05) is 18.4 Å². The number of benzene rings is 1. The van der Waals surface area contributed by atoms with E-state index in [-0.39, 0.29) is 5.91 Å². The van der Waals surface area contributed by atoms with E-state index in [1.165, 1.54) is 23.7 Å². The molecule has 0 radical (unpaired) electrons. The minimum atomic E-state index is -0.0144. The Labute approximate surface area is 205 Å². The highest BCUT2D eigenvalue weighted by Crippen LogP contribution is 2.37. The Balaban J connectivity index is 1.34. The number of aromatic amines is 1. The molecule has 174 valence electrons. The Kier molecular flexibility index (Phi) is 6.46. The number of amides is 1. The van der Waals surface area contributed by atoms with Crippen LogP contribution in [0.1, 0.15) is 29.2 Å². The van der Waals surface area contributed by atoms with Crippen LogP contribution >= 0.6 is 22.9 Å². The third-order valence-corrected chi connectivity index (χ3v) is 7.02. The molecule has 0 unspecified atom stereocenters. The number of nitrogens with one attached hydrogen (secondary N) is 2. The van der Waals surface area contributed by atoms with Crippen LogP contribution in [0.2, 0.25) is 5.02 Å². The summed E-state index contributed by atoms with van der Waals surface area (Å²) in [5, 5.41) is 4.85. The maximum absolute atomic E-state index is 11.9. The van der Waals surface area contributed by atoms with E-state index in [9.17, 15) is 4.79 Å². The van der Waals surface area contributed by atoms with Crippen molar-refractivity contribution >= 4 is 51.4 Å². The average molecular weight is 495 g/mol. The molecule has 8 nitrogen and oxygen atoms in total. The molecule has 1 aromatic carbocycles. The lowest BCUT2D eigenvalue weighted by Crippen LogP contribution is -2.36. The van der Waals surface area contributed by atoms with Gasteiger partial charge in [0, 0.05) is 31.2 Å². The van der Waals surface area contributed by atoms with Crippen molar-refractivity contribution in [2.24, 2.45) is 0 Å². The van der Waals surface area contributed by atoms with E-state index in [2.05, 4.69) is 31.8 Å². The van der Waals surface area contributed by atoms with E-state index in [0.29, 0.717) is 42.2 Å². The molecule has 10 heteroatoms. The fraction of sp³-hybridized carbons (Fsp3) is 0.250. The van der Waals surface area contributed by atoms with Gasteiger partial charge >= 0.3 is 0 Å². The number of nitrogens with zero attached hydrogens (tertiary/aromatic N) is 4. The van der Waals surface area contributed by atoms with Gasteiger partial charge in [-0.2, -0.15) is 0 Å². The van der Waals surface area contributed by atoms with Crippen molar-refractivity contribution in [1.29, 1.82) is 0 Å². The first kappa shape index (κ1) is 22.4. The summed E-state index contributed by atoms with van der Waals surface area (Å²) < 4.78 is 5.82. The summed E-state index contributed by atoms with van der Waals surface area (Å²) in [6, 6.07) is 5.57. The molecule has 5 rings (SSSR count). The number of rotatable bonds is 7. The number of hydrogen-bond donors (Lipinski definition) is 2. The molecular formula is C24H23ClN6O2S. The molecule has 0 atom stereocenters. The summed E-state index contributed by atoms with van der Waals surface area (Å²) in [6.45, 7) is 5.43. The Morgan fingerprint density at radius 1 is 1.35 bits per heavy atom. The quantitative estimate of drug-likeness (QED) is 0.339. The minimum absolute atomic E-state index is 0.0144. The van der Waals surface area contributed by atoms with Gasteiger partial charge in [0.25, 0.3) is 0 Å². The fourth-order valence-corrected chi connectivity index (χ4v) is 4.98. The summed E-state index contributed by atoms with van der Waals surface area (Å²) in [5.41, 5.74) is 4.50. The number of hydrogen-bond acceptors (Lipinski definition) is 7. The predicted octanol–water partition coefficient (Wildman–Crippen LogP) is 5.28. The van der Waals surface area contributed by atoms with Gasteiger partial charge in [-0.3, -0.25) is 9.78 Å². The monoisotopic (exact) mass is 494 g/mol. The largest absolute Gasteiger partial charge is 0.486 e. The average Bonchev–Trinajstić information content (AvgIpc) is 3.54. The lowest BCUT2D eigenvalue weighted by molar-refractivity contribution is -0.127. The zero-order valence-electron chi connectivity index (χ0n) is 18.3. The van der Waals surface area contributed by atoms with Gasteiger partial charge in [0.2, 0.25) is 5.91 Å². The van der Waals surface area contributed by atoms with Crippen LogP contribution in [0.3, 0.4) is 0 Å². The lowest BCUT2D eigenvalue weighted by Gasteiger charge is -2.31. The summed E-state index contributed by atoms with van der Waals surface area (Å²) in [4.78, 5) is 31.0. The number of fused-ring (bicyclic) bond motifs is 1. The normalized spacial score (nSPS) is 14.3. The molecule has 1 fully saturated rings. The van der Waals surface area contributed by atoms with Crippen molar-refractivity contribution in [3.8, 4) is 5.75 Å². The Bertz CT molecular complexity index is 1310. The number of carbonyl (C=O) groups excluding carboxylic acids is 1. The molecule has 1 saturated heterocycles. The first-order valence-corrected chi connectivity index (χ1v) is 12.2. The highest BCUT2D eigenvalue weighted by atomic mass is 35.5. The molecule has 4 aromatic rings. The Hall–Kier alpha value is -3.43. The van der Waals surface area contributed by atoms with E-state index < -0.39 is 0 Å². The van der Waals surface area contributed by atoms with Gasteiger partial charge < -0.3 is 19.9 Å². The molecular weight excluding hydrogens is 472 g/mol. The third-order valence-electron chi connectivity index (χ3n) is 5.97. The van der Waals surface area contributed by atoms with E-state index in [4.69, 9.17) is 16.3 Å². The van der Waals surface area contributed by atoms with Crippen molar-refractivity contribution in [3.05, 3.63) is 70.5 Å². The molecule has 0 bridgehead atoms. The fourth-order valence-electron chi connectivity index (χ4n) is 4.24. The molecule has 1 aliphatic heterocycles. The lowest BCUT2D eigenvalue weighted by atomic mass is 9.89. The summed E-state index contributed by atoms with van der Waals surface area (Å²) in [5.74, 6) is 1.61. The van der Waals surface area contributed by atoms with Gasteiger partial charge in [-0.1, -0.05) is 18.2 Å². The Morgan fingerprint density at radius 3 is 2.94 bits per heavy atom. The van der Waals surface area contributed by atoms with Crippen LogP contribution in [0.5, 0.6) is 5.75 Å². The molecule has 1 aliphatic rings. The summed E-state index contributed by atoms with van der Waals surface area (Å²) in [6.07, 6.45) is 8.44. The number of thiazole rings is 1. The summed E-state index contributed by atoms with van der Waals surface area (Å²) >= 11 is 8.02. The van der Waals surface area contributed by atoms with E-state index >= 15 is 0 Å². The van der Waals surface area contributed by atoms with Crippen LogP contribution in [0.4, 0.5) is 11.5 Å². The van der Waals surface area contributed by atoms with E-state index in [1.54, 1.807) is 11.7 Å². The van der Waals surface area contributed by atoms with Crippen LogP contribution in [-0.2, 0) is 11.4 Å². The molecule has 0 spiro atoms. The minimum Gasteiger partial charge on any atom is -0.486 e. The predicted molar refractivity (Wildman–Crippen MR) is 134 cm³/mol. The van der Waals surface area contributed by atoms with Crippen molar-refractivity contribution in [3.63, 3.8) is 0 Å². The highest BCUT2D eigenvalue weighted by Gasteiger charge is 2.26. The van der Waals surface area contributed by atoms with Gasteiger partial charge in [0.05, 0.1) is 20.8 Å². The van der Waals surface area contributed by atoms with Gasteiger partial charge in [-0.25, -0.2) is 9.97 Å². The number of H-pyrrole nitrogens is 1. The zero-order valence-corrected chi connectivity index (χ0v) is 19.9. The van der Waals surface area contributed by atoms with E-state index in [0.717, 1.165) is 40.0 Å². The number of carbonyl (C=O) groups is 1. The molecule has 0 saturated carbocycles. The maximum Gasteiger partial charge on any atom is 0.245 e. The molecule has 1 amide bonds. The summed E-state index contributed by atoms with van der Waals surface area (Å²) in [7, 11) is 0. The van der Waals surface area contributed by atoms with Gasteiger partial charge in [-0.15, -0.1) is 11.3 Å². The highest BCUT2D eigenvalue weighted by molar-refractivity contribution is 7.09. The smallest absolute Gasteiger partial charge is 0.245 e. The van der Waals surface area contributed by atoms with Crippen LogP contribution in [0.15, 0.2) is 55.1 Å². The van der Waals surface area contributed by atoms with Crippen molar-refractivity contribution < 1.29 is 9.53 Å². The van der Waals surface area contributed by atoms with Gasteiger partial charge in [0.1, 0.15) is 30.1 Å². The molecule has 4 heterocycles. The SMILES string of the molecule is C=CC(=O)N1CCC(c2c[nH]c3ncnc(Nc4ccc(OCc5cncs5)c(Cl)c4)c23)CC1. The second-order valence-electron chi connectivity index (χ2n) is 8.02. The second-order valence-corrected chi connectivity index (χ2v) is 9.40. The zero-order chi connectivity index (χ0) is 23.5. The Morgan fingerprint density at radius 2 is 2.21 bits per heavy atom. The van der Waals surface area contributed by atoms with Crippen LogP contribution in [0, 0.1) is 0 Å². The second kappa shape index (κ2) is 9.82. The standard InChI is InChI=1S/C24H23ClN6O2S/c1-2-21(32)31-7-5-15(6-8-31)18-11-27-23-22(18)24(29-13-28-23)30-16-3-4-20(19(25)9-16)33-12-17-10-26-14-34-17/h2-4,9-11,13-15H,1,5-8,12H2,(H2,27,28,29,30). The number of ether oxygens (including phenoxy) is 1. The van der Waals surface area contributed by atoms with Crippen LogP contribution in [-0.4, -0.2) is 43.8 Å². The number of anilines is 2. The maximum atomic E-state index is 11.9. The van der Waals surface area contributed by atoms with Crippen molar-refractivity contribution in [1.82, 2.24) is 24.8 Å². The number of likely N-dealkylation sites (tertiary alicyclic amines) is 1. The number of aromatic nitrogens is 4. The first-order valence-electron chi connectivity index (χ1n) is 10.9. The van der Waals surface area contributed by atoms with Crippen molar-refractivity contribution in [2.45, 2.75) is 25.4 Å². The molecule has 34 heavy (non-hydrogen) atoms. The van der Waals surface area contributed by atoms with E-state index in [1.807, 2.05) is 29.3 Å². The molecule has 2 N–H and O–H groups in total. The molecule has 0 aliphatic carbocycles. The number of piperidine rings is 1. The first-order chi connectivity index (χ1) is 16.6. The van der Waals surface area contributed by atoms with Gasteiger partial charge in [-0.05, 0) is 48.6 Å². The third kappa shape index (κ3) is 4.62. The van der Waals surface area contributed by atoms with Gasteiger partial charge in [0.15, 0.2) is 0 Å².